The topological polar surface area (TPSA) is 45.2 Å². The quantitative estimate of drug-likeness (QED) is 0.822. The predicted octanol–water partition coefficient (Wildman–Crippen LogP) is 0.906. The molecule has 1 aromatic rings. The van der Waals surface area contributed by atoms with Crippen molar-refractivity contribution in [2.75, 3.05) is 19.6 Å². The average molecular weight is 231 g/mol. The van der Waals surface area contributed by atoms with Crippen LogP contribution in [0.4, 0.5) is 0 Å². The molecule has 2 bridgehead atoms. The Labute approximate surface area is 101 Å². The third kappa shape index (κ3) is 2.17. The van der Waals surface area contributed by atoms with Crippen LogP contribution in [0.1, 0.15) is 23.2 Å². The fourth-order valence-electron chi connectivity index (χ4n) is 2.88. The van der Waals surface area contributed by atoms with Crippen LogP contribution in [0.5, 0.6) is 0 Å². The van der Waals surface area contributed by atoms with Gasteiger partial charge in [-0.05, 0) is 44.0 Å². The minimum absolute atomic E-state index is 0.0335. The Hall–Kier alpha value is -1.42. The summed E-state index contributed by atoms with van der Waals surface area (Å²) < 4.78 is 0. The molecule has 0 saturated carbocycles. The van der Waals surface area contributed by atoms with Gasteiger partial charge in [-0.1, -0.05) is 0 Å². The second kappa shape index (κ2) is 4.45. The molecule has 0 spiro atoms. The number of nitrogens with one attached hydrogen (secondary N) is 1. The normalized spacial score (nSPS) is 31.2. The van der Waals surface area contributed by atoms with E-state index in [9.17, 15) is 4.79 Å². The summed E-state index contributed by atoms with van der Waals surface area (Å²) in [5.74, 6) is 0.705. The molecule has 3 aliphatic heterocycles. The summed E-state index contributed by atoms with van der Waals surface area (Å²) in [6.07, 6.45) is 5.76. The fraction of sp³-hybridized carbons (Fsp3) is 0.538. The van der Waals surface area contributed by atoms with E-state index in [1.54, 1.807) is 24.5 Å². The lowest BCUT2D eigenvalue weighted by atomic mass is 9.84. The lowest BCUT2D eigenvalue weighted by molar-refractivity contribution is 0.0620. The number of carbonyl (C=O) groups is 1. The molecule has 1 unspecified atom stereocenters. The number of carbonyl (C=O) groups excluding carboxylic acids is 1. The van der Waals surface area contributed by atoms with Gasteiger partial charge in [0, 0.05) is 30.5 Å². The molecule has 1 amide bonds. The van der Waals surface area contributed by atoms with E-state index in [1.807, 2.05) is 0 Å². The summed E-state index contributed by atoms with van der Waals surface area (Å²) in [6, 6.07) is 3.85. The van der Waals surface area contributed by atoms with Gasteiger partial charge in [-0.15, -0.1) is 0 Å². The molecule has 4 nitrogen and oxygen atoms in total. The van der Waals surface area contributed by atoms with Crippen LogP contribution < -0.4 is 5.32 Å². The molecule has 4 heterocycles. The van der Waals surface area contributed by atoms with Crippen LogP contribution in [0.15, 0.2) is 24.5 Å². The van der Waals surface area contributed by atoms with E-state index >= 15 is 0 Å². The third-order valence-electron chi connectivity index (χ3n) is 3.92. The highest BCUT2D eigenvalue weighted by Crippen LogP contribution is 2.27. The molecule has 1 N–H and O–H groups in total. The molecule has 0 aromatic carbocycles. The largest absolute Gasteiger partial charge is 0.348 e. The average Bonchev–Trinajstić information content (AvgIpc) is 2.41. The number of amides is 1. The molecular formula is C13H17N3O. The van der Waals surface area contributed by atoms with E-state index in [-0.39, 0.29) is 5.91 Å². The van der Waals surface area contributed by atoms with E-state index < -0.39 is 0 Å². The highest BCUT2D eigenvalue weighted by atomic mass is 16.1. The zero-order chi connectivity index (χ0) is 11.7. The Kier molecular flexibility index (Phi) is 2.81. The fourth-order valence-corrected chi connectivity index (χ4v) is 2.88. The smallest absolute Gasteiger partial charge is 0.251 e. The number of hydrogen-bond acceptors (Lipinski definition) is 3. The number of pyridine rings is 1. The second-order valence-electron chi connectivity index (χ2n) is 4.95. The molecule has 3 saturated heterocycles. The van der Waals surface area contributed by atoms with Crippen molar-refractivity contribution in [2.24, 2.45) is 5.92 Å². The van der Waals surface area contributed by atoms with E-state index in [0.717, 1.165) is 6.54 Å². The monoisotopic (exact) mass is 231 g/mol. The van der Waals surface area contributed by atoms with Gasteiger partial charge in [0.25, 0.3) is 5.91 Å². The Morgan fingerprint density at radius 3 is 2.59 bits per heavy atom. The first kappa shape index (κ1) is 10.7. The van der Waals surface area contributed by atoms with Crippen LogP contribution in [-0.4, -0.2) is 41.5 Å². The summed E-state index contributed by atoms with van der Waals surface area (Å²) in [6.45, 7) is 3.42. The number of piperidine rings is 3. The van der Waals surface area contributed by atoms with Gasteiger partial charge < -0.3 is 10.2 Å². The molecule has 0 aliphatic carbocycles. The van der Waals surface area contributed by atoms with Gasteiger partial charge in [-0.3, -0.25) is 9.78 Å². The molecule has 3 aliphatic rings. The first-order valence-corrected chi connectivity index (χ1v) is 6.26. The van der Waals surface area contributed by atoms with Crippen molar-refractivity contribution in [3.63, 3.8) is 0 Å². The van der Waals surface area contributed by atoms with Gasteiger partial charge in [0.2, 0.25) is 0 Å². The number of hydrogen-bond donors (Lipinski definition) is 1. The first-order chi connectivity index (χ1) is 8.33. The minimum Gasteiger partial charge on any atom is -0.348 e. The van der Waals surface area contributed by atoms with Crippen molar-refractivity contribution in [1.29, 1.82) is 0 Å². The highest BCUT2D eigenvalue weighted by Gasteiger charge is 2.34. The highest BCUT2D eigenvalue weighted by molar-refractivity contribution is 5.94. The van der Waals surface area contributed by atoms with Gasteiger partial charge >= 0.3 is 0 Å². The molecule has 4 heteroatoms. The van der Waals surface area contributed by atoms with E-state index in [1.165, 1.54) is 25.9 Å². The maximum atomic E-state index is 12.0. The van der Waals surface area contributed by atoms with Crippen LogP contribution >= 0.6 is 0 Å². The van der Waals surface area contributed by atoms with E-state index in [2.05, 4.69) is 15.2 Å². The zero-order valence-corrected chi connectivity index (χ0v) is 9.80. The Morgan fingerprint density at radius 2 is 2.00 bits per heavy atom. The summed E-state index contributed by atoms with van der Waals surface area (Å²) in [5.41, 5.74) is 0.705. The second-order valence-corrected chi connectivity index (χ2v) is 4.95. The van der Waals surface area contributed by atoms with Crippen LogP contribution in [-0.2, 0) is 0 Å². The maximum absolute atomic E-state index is 12.0. The Bertz CT molecular complexity index is 398. The van der Waals surface area contributed by atoms with Crippen LogP contribution in [0.3, 0.4) is 0 Å². The van der Waals surface area contributed by atoms with Gasteiger partial charge in [0.15, 0.2) is 0 Å². The molecule has 17 heavy (non-hydrogen) atoms. The van der Waals surface area contributed by atoms with Crippen LogP contribution in [0.25, 0.3) is 0 Å². The van der Waals surface area contributed by atoms with Crippen LogP contribution in [0.2, 0.25) is 0 Å². The predicted molar refractivity (Wildman–Crippen MR) is 64.7 cm³/mol. The number of rotatable bonds is 2. The van der Waals surface area contributed by atoms with Crippen molar-refractivity contribution < 1.29 is 4.79 Å². The lowest BCUT2D eigenvalue weighted by Gasteiger charge is -2.44. The maximum Gasteiger partial charge on any atom is 0.251 e. The number of aromatic nitrogens is 1. The SMILES string of the molecule is O=C(NC1CN2CCC1CC2)c1ccncc1. The van der Waals surface area contributed by atoms with Gasteiger partial charge in [0.05, 0.1) is 0 Å². The molecule has 4 rings (SSSR count). The minimum atomic E-state index is 0.0335. The van der Waals surface area contributed by atoms with Crippen molar-refractivity contribution in [2.45, 2.75) is 18.9 Å². The summed E-state index contributed by atoms with van der Waals surface area (Å²) in [5, 5.41) is 3.16. The van der Waals surface area contributed by atoms with Gasteiger partial charge in [-0.25, -0.2) is 0 Å². The molecular weight excluding hydrogens is 214 g/mol. The lowest BCUT2D eigenvalue weighted by Crippen LogP contribution is -2.57. The van der Waals surface area contributed by atoms with Crippen molar-refractivity contribution in [3.8, 4) is 0 Å². The van der Waals surface area contributed by atoms with Crippen molar-refractivity contribution in [1.82, 2.24) is 15.2 Å². The Morgan fingerprint density at radius 1 is 1.29 bits per heavy atom. The van der Waals surface area contributed by atoms with Gasteiger partial charge in [0.1, 0.15) is 0 Å². The van der Waals surface area contributed by atoms with Crippen LogP contribution in [0, 0.1) is 5.92 Å². The summed E-state index contributed by atoms with van der Waals surface area (Å²) in [7, 11) is 0. The van der Waals surface area contributed by atoms with E-state index in [4.69, 9.17) is 0 Å². The summed E-state index contributed by atoms with van der Waals surface area (Å²) in [4.78, 5) is 18.4. The zero-order valence-electron chi connectivity index (χ0n) is 9.80. The third-order valence-corrected chi connectivity index (χ3v) is 3.92. The molecule has 1 atom stereocenters. The number of fused-ring (bicyclic) bond motifs is 3. The standard InChI is InChI=1S/C13H17N3O/c17-13(11-1-5-14-6-2-11)15-12-9-16-7-3-10(12)4-8-16/h1-2,5-6,10,12H,3-4,7-9H2,(H,15,17). The number of nitrogens with zero attached hydrogens (tertiary/aromatic N) is 2. The molecule has 1 aromatic heterocycles. The molecule has 90 valence electrons. The molecule has 0 radical (unpaired) electrons. The molecule has 3 fully saturated rings. The van der Waals surface area contributed by atoms with Gasteiger partial charge in [-0.2, -0.15) is 0 Å². The van der Waals surface area contributed by atoms with Crippen molar-refractivity contribution in [3.05, 3.63) is 30.1 Å². The Balaban J connectivity index is 1.66. The van der Waals surface area contributed by atoms with Crippen molar-refractivity contribution >= 4 is 5.91 Å². The first-order valence-electron chi connectivity index (χ1n) is 6.26. The van der Waals surface area contributed by atoms with E-state index in [0.29, 0.717) is 17.5 Å². The summed E-state index contributed by atoms with van der Waals surface area (Å²) >= 11 is 0.